The molecular formula is C17H19Cl2N5O4. The van der Waals surface area contributed by atoms with E-state index in [1.165, 1.54) is 0 Å². The lowest BCUT2D eigenvalue weighted by Crippen LogP contribution is -2.42. The Kier molecular flexibility index (Phi) is 7.77. The molecule has 28 heavy (non-hydrogen) atoms. The molecule has 1 fully saturated rings. The molecule has 0 bridgehead atoms. The lowest BCUT2D eigenvalue weighted by Gasteiger charge is -2.10. The van der Waals surface area contributed by atoms with Crippen LogP contribution in [0.3, 0.4) is 0 Å². The van der Waals surface area contributed by atoms with E-state index in [2.05, 4.69) is 20.9 Å². The van der Waals surface area contributed by atoms with Crippen LogP contribution in [0, 0.1) is 0 Å². The number of carbonyl (C=O) groups excluding carboxylic acids is 4. The SMILES string of the molecule is NC(=NC(=O)CCNC(=O)C1CCC(=O)N1)NC(=O)Cc1c(Cl)cccc1Cl. The van der Waals surface area contributed by atoms with Gasteiger partial charge in [-0.15, -0.1) is 0 Å². The van der Waals surface area contributed by atoms with Crippen LogP contribution < -0.4 is 21.7 Å². The molecule has 2 rings (SSSR count). The summed E-state index contributed by atoms with van der Waals surface area (Å²) in [5.74, 6) is -2.06. The summed E-state index contributed by atoms with van der Waals surface area (Å²) < 4.78 is 0. The maximum absolute atomic E-state index is 12.0. The lowest BCUT2D eigenvalue weighted by molar-refractivity contribution is -0.126. The summed E-state index contributed by atoms with van der Waals surface area (Å²) >= 11 is 12.0. The topological polar surface area (TPSA) is 143 Å². The number of halogens is 2. The van der Waals surface area contributed by atoms with Gasteiger partial charge >= 0.3 is 0 Å². The van der Waals surface area contributed by atoms with Crippen LogP contribution in [0.25, 0.3) is 0 Å². The molecule has 0 spiro atoms. The van der Waals surface area contributed by atoms with Gasteiger partial charge in [-0.2, -0.15) is 4.99 Å². The van der Waals surface area contributed by atoms with Crippen molar-refractivity contribution in [2.45, 2.75) is 31.7 Å². The maximum Gasteiger partial charge on any atom is 0.250 e. The highest BCUT2D eigenvalue weighted by molar-refractivity contribution is 6.36. The largest absolute Gasteiger partial charge is 0.369 e. The minimum atomic E-state index is -0.621. The minimum Gasteiger partial charge on any atom is -0.369 e. The molecule has 5 N–H and O–H groups in total. The molecule has 9 nitrogen and oxygen atoms in total. The number of aliphatic imine (C=N–C) groups is 1. The Balaban J connectivity index is 1.76. The van der Waals surface area contributed by atoms with Gasteiger partial charge in [0.2, 0.25) is 23.7 Å². The van der Waals surface area contributed by atoms with Crippen LogP contribution in [0.5, 0.6) is 0 Å². The molecule has 1 heterocycles. The quantitative estimate of drug-likeness (QED) is 0.380. The van der Waals surface area contributed by atoms with Crippen LogP contribution in [0.15, 0.2) is 23.2 Å². The van der Waals surface area contributed by atoms with Crippen LogP contribution in [0.1, 0.15) is 24.8 Å². The van der Waals surface area contributed by atoms with Gasteiger partial charge in [-0.3, -0.25) is 24.5 Å². The highest BCUT2D eigenvalue weighted by Crippen LogP contribution is 2.24. The number of hydrogen-bond acceptors (Lipinski definition) is 4. The number of nitrogens with one attached hydrogen (secondary N) is 3. The van der Waals surface area contributed by atoms with Crippen LogP contribution in [-0.2, 0) is 25.6 Å². The van der Waals surface area contributed by atoms with Crippen LogP contribution in [0.2, 0.25) is 10.0 Å². The van der Waals surface area contributed by atoms with E-state index >= 15 is 0 Å². The minimum absolute atomic E-state index is 0.0317. The second kappa shape index (κ2) is 10.0. The zero-order valence-corrected chi connectivity index (χ0v) is 16.3. The first kappa shape index (κ1) is 21.6. The van der Waals surface area contributed by atoms with E-state index in [0.29, 0.717) is 28.5 Å². The van der Waals surface area contributed by atoms with Gasteiger partial charge in [0.25, 0.3) is 5.91 Å². The van der Waals surface area contributed by atoms with E-state index in [4.69, 9.17) is 28.9 Å². The fraction of sp³-hybridized carbons (Fsp3) is 0.353. The highest BCUT2D eigenvalue weighted by Gasteiger charge is 2.26. The number of rotatable bonds is 6. The van der Waals surface area contributed by atoms with Crippen LogP contribution in [-0.4, -0.2) is 42.2 Å². The van der Waals surface area contributed by atoms with E-state index in [1.54, 1.807) is 18.2 Å². The molecule has 11 heteroatoms. The molecule has 0 saturated carbocycles. The number of carbonyl (C=O) groups is 4. The predicted octanol–water partition coefficient (Wildman–Crippen LogP) is 0.278. The van der Waals surface area contributed by atoms with Crippen molar-refractivity contribution >= 4 is 52.8 Å². The maximum atomic E-state index is 12.0. The fourth-order valence-electron chi connectivity index (χ4n) is 2.49. The molecular weight excluding hydrogens is 409 g/mol. The van der Waals surface area contributed by atoms with E-state index in [0.717, 1.165) is 0 Å². The van der Waals surface area contributed by atoms with Gasteiger partial charge < -0.3 is 16.4 Å². The molecule has 1 aromatic rings. The molecule has 0 radical (unpaired) electrons. The zero-order chi connectivity index (χ0) is 20.7. The Morgan fingerprint density at radius 2 is 1.93 bits per heavy atom. The third kappa shape index (κ3) is 6.50. The predicted molar refractivity (Wildman–Crippen MR) is 104 cm³/mol. The summed E-state index contributed by atoms with van der Waals surface area (Å²) in [5.41, 5.74) is 5.98. The molecule has 1 aromatic carbocycles. The zero-order valence-electron chi connectivity index (χ0n) is 14.8. The van der Waals surface area contributed by atoms with E-state index < -0.39 is 17.9 Å². The van der Waals surface area contributed by atoms with Crippen molar-refractivity contribution in [2.75, 3.05) is 6.54 Å². The van der Waals surface area contributed by atoms with Gasteiger partial charge in [0.1, 0.15) is 6.04 Å². The van der Waals surface area contributed by atoms with Crippen molar-refractivity contribution in [1.29, 1.82) is 0 Å². The fourth-order valence-corrected chi connectivity index (χ4v) is 3.02. The van der Waals surface area contributed by atoms with Gasteiger partial charge in [0.15, 0.2) is 0 Å². The van der Waals surface area contributed by atoms with Crippen LogP contribution >= 0.6 is 23.2 Å². The third-order valence-corrected chi connectivity index (χ3v) is 4.57. The monoisotopic (exact) mass is 427 g/mol. The molecule has 1 saturated heterocycles. The third-order valence-electron chi connectivity index (χ3n) is 3.86. The number of amides is 4. The molecule has 150 valence electrons. The average Bonchev–Trinajstić information content (AvgIpc) is 3.04. The molecule has 0 aromatic heterocycles. The van der Waals surface area contributed by atoms with Crippen molar-refractivity contribution < 1.29 is 19.2 Å². The Labute approximate surface area is 171 Å². The van der Waals surface area contributed by atoms with Crippen molar-refractivity contribution in [3.63, 3.8) is 0 Å². The molecule has 1 aliphatic rings. The Morgan fingerprint density at radius 1 is 1.25 bits per heavy atom. The van der Waals surface area contributed by atoms with Gasteiger partial charge in [-0.05, 0) is 24.1 Å². The summed E-state index contributed by atoms with van der Waals surface area (Å²) in [6.07, 6.45) is 0.480. The first-order valence-electron chi connectivity index (χ1n) is 8.43. The summed E-state index contributed by atoms with van der Waals surface area (Å²) in [4.78, 5) is 50.2. The van der Waals surface area contributed by atoms with Crippen LogP contribution in [0.4, 0.5) is 0 Å². The second-order valence-corrected chi connectivity index (χ2v) is 6.83. The highest BCUT2D eigenvalue weighted by atomic mass is 35.5. The summed E-state index contributed by atoms with van der Waals surface area (Å²) in [5, 5.41) is 8.01. The Hall–Kier alpha value is -2.65. The average molecular weight is 428 g/mol. The number of hydrogen-bond donors (Lipinski definition) is 4. The summed E-state index contributed by atoms with van der Waals surface area (Å²) in [6.45, 7) is 0.0317. The molecule has 1 aliphatic heterocycles. The smallest absolute Gasteiger partial charge is 0.250 e. The van der Waals surface area contributed by atoms with Gasteiger partial charge in [-0.25, -0.2) is 0 Å². The van der Waals surface area contributed by atoms with Crippen molar-refractivity contribution in [1.82, 2.24) is 16.0 Å². The number of guanidine groups is 1. The van der Waals surface area contributed by atoms with Crippen molar-refractivity contribution in [2.24, 2.45) is 10.7 Å². The summed E-state index contributed by atoms with van der Waals surface area (Å²) in [6, 6.07) is 4.28. The van der Waals surface area contributed by atoms with Gasteiger partial charge in [0.05, 0.1) is 6.42 Å². The lowest BCUT2D eigenvalue weighted by atomic mass is 10.1. The molecule has 0 aliphatic carbocycles. The van der Waals surface area contributed by atoms with E-state index in [-0.39, 0.29) is 37.2 Å². The van der Waals surface area contributed by atoms with Crippen molar-refractivity contribution in [3.05, 3.63) is 33.8 Å². The first-order valence-corrected chi connectivity index (χ1v) is 9.18. The second-order valence-electron chi connectivity index (χ2n) is 6.02. The van der Waals surface area contributed by atoms with Gasteiger partial charge in [-0.1, -0.05) is 29.3 Å². The normalized spacial score (nSPS) is 16.4. The molecule has 1 atom stereocenters. The van der Waals surface area contributed by atoms with Gasteiger partial charge in [0, 0.05) is 29.4 Å². The number of nitrogens with zero attached hydrogens (tertiary/aromatic N) is 1. The van der Waals surface area contributed by atoms with E-state index in [1.807, 2.05) is 0 Å². The molecule has 1 unspecified atom stereocenters. The number of nitrogens with two attached hydrogens (primary N) is 1. The summed E-state index contributed by atoms with van der Waals surface area (Å²) in [7, 11) is 0. The molecule has 4 amide bonds. The standard InChI is InChI=1S/C17H19Cl2N5O4/c18-10-2-1-3-11(19)9(10)8-15(27)24-17(20)23-14(26)6-7-21-16(28)12-4-5-13(25)22-12/h1-3,12H,4-8H2,(H,21,28)(H,22,25)(H3,20,23,24,26,27). The Bertz CT molecular complexity index is 808. The van der Waals surface area contributed by atoms with Crippen molar-refractivity contribution in [3.8, 4) is 0 Å². The number of benzene rings is 1. The van der Waals surface area contributed by atoms with E-state index in [9.17, 15) is 19.2 Å². The first-order chi connectivity index (χ1) is 13.3. The Morgan fingerprint density at radius 3 is 2.54 bits per heavy atom.